The first-order valence-corrected chi connectivity index (χ1v) is 15.8. The fraction of sp³-hybridized carbons (Fsp3) is 0.300. The largest absolute Gasteiger partial charge is 0.366 e. The number of nitrogens with zero attached hydrogens (tertiary/aromatic N) is 5. The second kappa shape index (κ2) is 11.7. The number of aryl methyl sites for hydroxylation is 1. The van der Waals surface area contributed by atoms with Gasteiger partial charge in [-0.15, -0.1) is 0 Å². The summed E-state index contributed by atoms with van der Waals surface area (Å²) >= 11 is 0. The number of benzene rings is 2. The lowest BCUT2D eigenvalue weighted by Crippen LogP contribution is -2.20. The Morgan fingerprint density at radius 2 is 1.88 bits per heavy atom. The highest BCUT2D eigenvalue weighted by Gasteiger charge is 2.29. The molecule has 0 spiro atoms. The van der Waals surface area contributed by atoms with E-state index in [1.54, 1.807) is 41.4 Å². The lowest BCUT2D eigenvalue weighted by molar-refractivity contribution is -0.0363. The van der Waals surface area contributed by atoms with Gasteiger partial charge in [-0.2, -0.15) is 0 Å². The number of ether oxygens (including phenoxy) is 1. The van der Waals surface area contributed by atoms with Crippen LogP contribution in [0.15, 0.2) is 72.0 Å². The molecule has 2 N–H and O–H groups in total. The summed E-state index contributed by atoms with van der Waals surface area (Å²) in [6, 6.07) is 16.3. The third kappa shape index (κ3) is 6.09. The third-order valence-corrected chi connectivity index (χ3v) is 8.42. The molecule has 43 heavy (non-hydrogen) atoms. The molecule has 6 rings (SSSR count). The van der Waals surface area contributed by atoms with E-state index in [1.165, 1.54) is 4.57 Å². The number of alkyl halides is 2. The Labute approximate surface area is 247 Å². The monoisotopic (exact) mass is 607 g/mol. The van der Waals surface area contributed by atoms with Crippen LogP contribution in [0, 0.1) is 0 Å². The number of hydrogen-bond donors (Lipinski definition) is 2. The molecule has 2 aromatic carbocycles. The van der Waals surface area contributed by atoms with Crippen LogP contribution in [0.2, 0.25) is 0 Å². The molecule has 5 aromatic rings. The van der Waals surface area contributed by atoms with Crippen molar-refractivity contribution in [1.29, 1.82) is 0 Å². The topological polar surface area (TPSA) is 116 Å². The third-order valence-electron chi connectivity index (χ3n) is 7.28. The van der Waals surface area contributed by atoms with Gasteiger partial charge in [0, 0.05) is 44.3 Å². The number of aromatic nitrogens is 5. The van der Waals surface area contributed by atoms with Gasteiger partial charge in [-0.25, -0.2) is 32.2 Å². The molecule has 1 unspecified atom stereocenters. The van der Waals surface area contributed by atoms with Crippen LogP contribution in [0.25, 0.3) is 22.4 Å². The molecule has 224 valence electrons. The highest BCUT2D eigenvalue weighted by Crippen LogP contribution is 2.38. The maximum atomic E-state index is 14.4. The SMILES string of the molecule is Cn1cnc(-c2ccc(Nc3cc(NCc4ccccc4)nc4c3nc(C(F)F)n4C3CCCCO3)c(S(C)(=O)=O)c2)c1. The molecule has 0 saturated carbocycles. The minimum atomic E-state index is -3.71. The molecule has 1 saturated heterocycles. The molecule has 0 amide bonds. The van der Waals surface area contributed by atoms with Crippen molar-refractivity contribution >= 4 is 38.2 Å². The van der Waals surface area contributed by atoms with E-state index >= 15 is 0 Å². The summed E-state index contributed by atoms with van der Waals surface area (Å²) in [4.78, 5) is 13.4. The minimum Gasteiger partial charge on any atom is -0.366 e. The van der Waals surface area contributed by atoms with Crippen molar-refractivity contribution < 1.29 is 21.9 Å². The number of rotatable bonds is 9. The van der Waals surface area contributed by atoms with Crippen molar-refractivity contribution in [3.05, 3.63) is 78.5 Å². The van der Waals surface area contributed by atoms with E-state index in [1.807, 2.05) is 37.4 Å². The Hall–Kier alpha value is -4.36. The number of imidazole rings is 2. The Balaban J connectivity index is 1.48. The van der Waals surface area contributed by atoms with Crippen molar-refractivity contribution in [2.45, 2.75) is 43.4 Å². The molecule has 10 nitrogen and oxygen atoms in total. The minimum absolute atomic E-state index is 0.0311. The van der Waals surface area contributed by atoms with Gasteiger partial charge in [-0.1, -0.05) is 36.4 Å². The number of fused-ring (bicyclic) bond motifs is 1. The van der Waals surface area contributed by atoms with E-state index < -0.39 is 28.3 Å². The molecular weight excluding hydrogens is 576 g/mol. The molecule has 3 aromatic heterocycles. The quantitative estimate of drug-likeness (QED) is 0.203. The molecule has 1 aliphatic rings. The molecule has 1 fully saturated rings. The molecule has 13 heteroatoms. The zero-order chi connectivity index (χ0) is 30.1. The van der Waals surface area contributed by atoms with Gasteiger partial charge < -0.3 is 19.9 Å². The number of sulfone groups is 1. The smallest absolute Gasteiger partial charge is 0.295 e. The fourth-order valence-corrected chi connectivity index (χ4v) is 6.08. The van der Waals surface area contributed by atoms with Crippen molar-refractivity contribution in [1.82, 2.24) is 24.1 Å². The summed E-state index contributed by atoms with van der Waals surface area (Å²) in [5, 5.41) is 6.46. The maximum absolute atomic E-state index is 14.4. The second-order valence-corrected chi connectivity index (χ2v) is 12.5. The highest BCUT2D eigenvalue weighted by molar-refractivity contribution is 7.90. The fourth-order valence-electron chi connectivity index (χ4n) is 5.22. The van der Waals surface area contributed by atoms with Crippen molar-refractivity contribution in [3.8, 4) is 11.3 Å². The van der Waals surface area contributed by atoms with Gasteiger partial charge in [-0.3, -0.25) is 4.57 Å². The number of nitrogens with one attached hydrogen (secondary N) is 2. The lowest BCUT2D eigenvalue weighted by Gasteiger charge is -2.25. The Bertz CT molecular complexity index is 1870. The summed E-state index contributed by atoms with van der Waals surface area (Å²) in [6.07, 6.45) is 3.24. The van der Waals surface area contributed by atoms with Gasteiger partial charge in [-0.05, 0) is 37.0 Å². The molecule has 0 radical (unpaired) electrons. The van der Waals surface area contributed by atoms with Gasteiger partial charge in [0.15, 0.2) is 21.3 Å². The summed E-state index contributed by atoms with van der Waals surface area (Å²) in [5.74, 6) is -0.0471. The average molecular weight is 608 g/mol. The highest BCUT2D eigenvalue weighted by atomic mass is 32.2. The lowest BCUT2D eigenvalue weighted by atomic mass is 10.1. The standard InChI is InChI=1S/C30H31F2N7O3S/c1-38-17-23(34-18-38)20-11-12-21(24(14-20)43(2,40)41)35-22-15-25(33-16-19-8-4-3-5-9-19)36-29-27(22)37-30(28(31)32)39(29)26-10-6-7-13-42-26/h3-5,8-9,11-12,14-15,17-18,26,28H,6-7,10,13,16H2,1-2H3,(H2,33,35,36). The molecular formula is C30H31F2N7O3S. The average Bonchev–Trinajstić information content (AvgIpc) is 3.61. The normalized spacial score (nSPS) is 15.7. The molecule has 4 heterocycles. The van der Waals surface area contributed by atoms with E-state index in [4.69, 9.17) is 9.72 Å². The van der Waals surface area contributed by atoms with Crippen LogP contribution >= 0.6 is 0 Å². The van der Waals surface area contributed by atoms with Gasteiger partial charge in [0.25, 0.3) is 6.43 Å². The zero-order valence-corrected chi connectivity index (χ0v) is 24.5. The Morgan fingerprint density at radius 1 is 1.07 bits per heavy atom. The number of halogens is 2. The van der Waals surface area contributed by atoms with Crippen LogP contribution in [0.5, 0.6) is 0 Å². The van der Waals surface area contributed by atoms with Crippen molar-refractivity contribution in [3.63, 3.8) is 0 Å². The van der Waals surface area contributed by atoms with E-state index in [0.717, 1.165) is 24.7 Å². The Morgan fingerprint density at radius 3 is 2.56 bits per heavy atom. The molecule has 0 bridgehead atoms. The first kappa shape index (κ1) is 28.7. The van der Waals surface area contributed by atoms with Gasteiger partial charge in [0.05, 0.1) is 28.3 Å². The summed E-state index contributed by atoms with van der Waals surface area (Å²) < 4.78 is 63.7. The predicted octanol–water partition coefficient (Wildman–Crippen LogP) is 6.23. The van der Waals surface area contributed by atoms with Crippen LogP contribution in [0.3, 0.4) is 0 Å². The van der Waals surface area contributed by atoms with E-state index in [0.29, 0.717) is 42.3 Å². The second-order valence-electron chi connectivity index (χ2n) is 10.6. The summed E-state index contributed by atoms with van der Waals surface area (Å²) in [7, 11) is -1.89. The maximum Gasteiger partial charge on any atom is 0.295 e. The van der Waals surface area contributed by atoms with Gasteiger partial charge in [0.2, 0.25) is 0 Å². The first-order chi connectivity index (χ1) is 20.7. The van der Waals surface area contributed by atoms with E-state index in [-0.39, 0.29) is 21.7 Å². The zero-order valence-electron chi connectivity index (χ0n) is 23.7. The summed E-state index contributed by atoms with van der Waals surface area (Å²) in [5.41, 5.74) is 3.23. The van der Waals surface area contributed by atoms with Crippen molar-refractivity contribution in [2.75, 3.05) is 23.5 Å². The number of hydrogen-bond acceptors (Lipinski definition) is 8. The molecule has 0 aliphatic carbocycles. The van der Waals surface area contributed by atoms with Crippen molar-refractivity contribution in [2.24, 2.45) is 7.05 Å². The van der Waals surface area contributed by atoms with Crippen LogP contribution in [0.4, 0.5) is 26.0 Å². The Kier molecular flexibility index (Phi) is 7.84. The van der Waals surface area contributed by atoms with Crippen LogP contribution in [-0.4, -0.2) is 45.4 Å². The number of anilines is 3. The number of pyridine rings is 1. The van der Waals surface area contributed by atoms with E-state index in [2.05, 4.69) is 20.6 Å². The summed E-state index contributed by atoms with van der Waals surface area (Å²) in [6.45, 7) is 0.881. The van der Waals surface area contributed by atoms with Gasteiger partial charge >= 0.3 is 0 Å². The first-order valence-electron chi connectivity index (χ1n) is 13.9. The molecule has 1 atom stereocenters. The molecule has 1 aliphatic heterocycles. The van der Waals surface area contributed by atoms with Crippen LogP contribution in [0.1, 0.15) is 43.3 Å². The van der Waals surface area contributed by atoms with Crippen LogP contribution < -0.4 is 10.6 Å². The van der Waals surface area contributed by atoms with Crippen LogP contribution in [-0.2, 0) is 28.2 Å². The van der Waals surface area contributed by atoms with E-state index in [9.17, 15) is 17.2 Å². The predicted molar refractivity (Wildman–Crippen MR) is 160 cm³/mol. The van der Waals surface area contributed by atoms with Gasteiger partial charge in [0.1, 0.15) is 17.6 Å².